The summed E-state index contributed by atoms with van der Waals surface area (Å²) < 4.78 is 43.4. The SMILES string of the molecule is CS(=O)(=O)c1ccccc1COc1ccc(C2=NCCCN2)cc1F. The highest BCUT2D eigenvalue weighted by Gasteiger charge is 2.15. The molecule has 1 aliphatic rings. The van der Waals surface area contributed by atoms with Crippen molar-refractivity contribution in [1.82, 2.24) is 5.32 Å². The summed E-state index contributed by atoms with van der Waals surface area (Å²) in [6.45, 7) is 1.52. The lowest BCUT2D eigenvalue weighted by molar-refractivity contribution is 0.287. The summed E-state index contributed by atoms with van der Waals surface area (Å²) in [7, 11) is -3.37. The molecule has 2 aromatic rings. The van der Waals surface area contributed by atoms with Gasteiger partial charge < -0.3 is 10.1 Å². The van der Waals surface area contributed by atoms with Crippen LogP contribution < -0.4 is 10.1 Å². The molecule has 7 heteroatoms. The molecule has 132 valence electrons. The molecule has 0 radical (unpaired) electrons. The van der Waals surface area contributed by atoms with Crippen molar-refractivity contribution in [2.75, 3.05) is 19.3 Å². The highest BCUT2D eigenvalue weighted by atomic mass is 32.2. The zero-order valence-electron chi connectivity index (χ0n) is 13.8. The molecular formula is C18H19FN2O3S. The van der Waals surface area contributed by atoms with Crippen molar-refractivity contribution in [3.8, 4) is 5.75 Å². The fraction of sp³-hybridized carbons (Fsp3) is 0.278. The summed E-state index contributed by atoms with van der Waals surface area (Å²) >= 11 is 0. The van der Waals surface area contributed by atoms with E-state index in [4.69, 9.17) is 4.74 Å². The molecule has 3 rings (SSSR count). The normalized spacial score (nSPS) is 14.6. The number of nitrogens with zero attached hydrogens (tertiary/aromatic N) is 1. The average molecular weight is 362 g/mol. The maximum Gasteiger partial charge on any atom is 0.175 e. The Labute approximate surface area is 146 Å². The van der Waals surface area contributed by atoms with E-state index in [0.29, 0.717) is 17.0 Å². The Morgan fingerprint density at radius 3 is 2.72 bits per heavy atom. The number of nitrogens with one attached hydrogen (secondary N) is 1. The van der Waals surface area contributed by atoms with Gasteiger partial charge >= 0.3 is 0 Å². The molecule has 1 N–H and O–H groups in total. The maximum absolute atomic E-state index is 14.3. The highest BCUT2D eigenvalue weighted by molar-refractivity contribution is 7.90. The minimum Gasteiger partial charge on any atom is -0.486 e. The lowest BCUT2D eigenvalue weighted by Gasteiger charge is -2.15. The van der Waals surface area contributed by atoms with E-state index in [-0.39, 0.29) is 17.3 Å². The van der Waals surface area contributed by atoms with Gasteiger partial charge in [-0.05, 0) is 30.7 Å². The molecule has 0 amide bonds. The predicted octanol–water partition coefficient (Wildman–Crippen LogP) is 2.55. The summed E-state index contributed by atoms with van der Waals surface area (Å²) in [5.74, 6) is 0.243. The Morgan fingerprint density at radius 2 is 2.04 bits per heavy atom. The quantitative estimate of drug-likeness (QED) is 0.888. The van der Waals surface area contributed by atoms with Gasteiger partial charge in [-0.3, -0.25) is 4.99 Å². The number of hydrogen-bond donors (Lipinski definition) is 1. The van der Waals surface area contributed by atoms with Crippen LogP contribution in [0.2, 0.25) is 0 Å². The van der Waals surface area contributed by atoms with Gasteiger partial charge in [0.2, 0.25) is 0 Å². The number of hydrogen-bond acceptors (Lipinski definition) is 5. The lowest BCUT2D eigenvalue weighted by Crippen LogP contribution is -2.30. The van der Waals surface area contributed by atoms with Crippen LogP contribution in [0.15, 0.2) is 52.4 Å². The van der Waals surface area contributed by atoms with Crippen LogP contribution >= 0.6 is 0 Å². The van der Waals surface area contributed by atoms with Crippen molar-refractivity contribution in [3.63, 3.8) is 0 Å². The van der Waals surface area contributed by atoms with Crippen LogP contribution in [0.3, 0.4) is 0 Å². The van der Waals surface area contributed by atoms with Crippen LogP contribution in [0, 0.1) is 5.82 Å². The monoisotopic (exact) mass is 362 g/mol. The molecule has 0 unspecified atom stereocenters. The summed E-state index contributed by atoms with van der Waals surface area (Å²) in [6, 6.07) is 11.2. The van der Waals surface area contributed by atoms with Gasteiger partial charge in [0.1, 0.15) is 12.4 Å². The fourth-order valence-corrected chi connectivity index (χ4v) is 3.56. The minimum atomic E-state index is -3.37. The third-order valence-electron chi connectivity index (χ3n) is 3.86. The van der Waals surface area contributed by atoms with E-state index in [9.17, 15) is 12.8 Å². The first-order valence-electron chi connectivity index (χ1n) is 7.94. The van der Waals surface area contributed by atoms with Gasteiger partial charge in [0.15, 0.2) is 21.4 Å². The average Bonchev–Trinajstić information content (AvgIpc) is 2.61. The molecule has 0 aromatic heterocycles. The van der Waals surface area contributed by atoms with Crippen molar-refractivity contribution < 1.29 is 17.5 Å². The second-order valence-corrected chi connectivity index (χ2v) is 7.81. The van der Waals surface area contributed by atoms with Crippen LogP contribution in [-0.4, -0.2) is 33.6 Å². The van der Waals surface area contributed by atoms with E-state index in [0.717, 1.165) is 25.8 Å². The molecule has 0 atom stereocenters. The Morgan fingerprint density at radius 1 is 1.24 bits per heavy atom. The maximum atomic E-state index is 14.3. The van der Waals surface area contributed by atoms with E-state index in [2.05, 4.69) is 10.3 Å². The van der Waals surface area contributed by atoms with Gasteiger partial charge in [0, 0.05) is 30.5 Å². The summed E-state index contributed by atoms with van der Waals surface area (Å²) in [5.41, 5.74) is 1.16. The highest BCUT2D eigenvalue weighted by Crippen LogP contribution is 2.22. The van der Waals surface area contributed by atoms with E-state index in [1.54, 1.807) is 24.3 Å². The summed E-state index contributed by atoms with van der Waals surface area (Å²) in [6.07, 6.45) is 2.10. The molecule has 5 nitrogen and oxygen atoms in total. The number of halogens is 1. The largest absolute Gasteiger partial charge is 0.486 e. The van der Waals surface area contributed by atoms with Gasteiger partial charge in [0.25, 0.3) is 0 Å². The van der Waals surface area contributed by atoms with Crippen molar-refractivity contribution in [3.05, 3.63) is 59.4 Å². The molecule has 0 bridgehead atoms. The van der Waals surface area contributed by atoms with Crippen molar-refractivity contribution in [2.45, 2.75) is 17.9 Å². The first kappa shape index (κ1) is 17.4. The molecule has 25 heavy (non-hydrogen) atoms. The second-order valence-electron chi connectivity index (χ2n) is 5.82. The molecule has 1 heterocycles. The van der Waals surface area contributed by atoms with Crippen LogP contribution in [0.1, 0.15) is 17.5 Å². The van der Waals surface area contributed by atoms with E-state index in [1.807, 2.05) is 0 Å². The third-order valence-corrected chi connectivity index (χ3v) is 5.06. The molecule has 0 saturated heterocycles. The van der Waals surface area contributed by atoms with Crippen molar-refractivity contribution >= 4 is 15.7 Å². The van der Waals surface area contributed by atoms with Gasteiger partial charge in [-0.15, -0.1) is 0 Å². The van der Waals surface area contributed by atoms with E-state index >= 15 is 0 Å². The molecular weight excluding hydrogens is 343 g/mol. The standard InChI is InChI=1S/C18H19FN2O3S/c1-25(22,23)17-6-3-2-5-14(17)12-24-16-8-7-13(11-15(16)19)18-20-9-4-10-21-18/h2-3,5-8,11H,4,9-10,12H2,1H3,(H,20,21). The van der Waals surface area contributed by atoms with Crippen LogP contribution in [-0.2, 0) is 16.4 Å². The van der Waals surface area contributed by atoms with Gasteiger partial charge in [-0.2, -0.15) is 0 Å². The molecule has 0 aliphatic carbocycles. The summed E-state index contributed by atoms with van der Waals surface area (Å²) in [4.78, 5) is 4.52. The molecule has 0 fully saturated rings. The van der Waals surface area contributed by atoms with Crippen molar-refractivity contribution in [1.29, 1.82) is 0 Å². The first-order valence-corrected chi connectivity index (χ1v) is 9.83. The zero-order chi connectivity index (χ0) is 17.9. The van der Waals surface area contributed by atoms with E-state index < -0.39 is 15.7 Å². The predicted molar refractivity (Wildman–Crippen MR) is 94.3 cm³/mol. The molecule has 1 aliphatic heterocycles. The number of ether oxygens (including phenoxy) is 1. The van der Waals surface area contributed by atoms with Gasteiger partial charge in [-0.25, -0.2) is 12.8 Å². The van der Waals surface area contributed by atoms with Gasteiger partial charge in [0.05, 0.1) is 4.90 Å². The molecule has 2 aromatic carbocycles. The lowest BCUT2D eigenvalue weighted by atomic mass is 10.1. The Bertz CT molecular complexity index is 910. The number of amidine groups is 1. The number of benzene rings is 2. The molecule has 0 spiro atoms. The minimum absolute atomic E-state index is 0.0291. The Kier molecular flexibility index (Phi) is 5.03. The van der Waals surface area contributed by atoms with Gasteiger partial charge in [-0.1, -0.05) is 18.2 Å². The second kappa shape index (κ2) is 7.23. The zero-order valence-corrected chi connectivity index (χ0v) is 14.6. The van der Waals surface area contributed by atoms with E-state index in [1.165, 1.54) is 18.2 Å². The number of rotatable bonds is 5. The first-order chi connectivity index (χ1) is 11.9. The summed E-state index contributed by atoms with van der Waals surface area (Å²) in [5, 5.41) is 3.14. The van der Waals surface area contributed by atoms with Crippen LogP contribution in [0.4, 0.5) is 4.39 Å². The van der Waals surface area contributed by atoms with Crippen molar-refractivity contribution in [2.24, 2.45) is 4.99 Å². The number of sulfone groups is 1. The topological polar surface area (TPSA) is 67.8 Å². The fourth-order valence-electron chi connectivity index (χ4n) is 2.63. The third kappa shape index (κ3) is 4.17. The molecule has 0 saturated carbocycles. The van der Waals surface area contributed by atoms with Crippen LogP contribution in [0.25, 0.3) is 0 Å². The Hall–Kier alpha value is -2.41. The number of aliphatic imine (C=N–C) groups is 1. The van der Waals surface area contributed by atoms with Crippen LogP contribution in [0.5, 0.6) is 5.75 Å². The Balaban J connectivity index is 1.78. The smallest absolute Gasteiger partial charge is 0.175 e.